The smallest absolute Gasteiger partial charge is 0.0234 e. The molecule has 20 heavy (non-hydrogen) atoms. The summed E-state index contributed by atoms with van der Waals surface area (Å²) in [7, 11) is 0. The molecule has 0 spiro atoms. The van der Waals surface area contributed by atoms with Crippen LogP contribution in [0.15, 0.2) is 42.6 Å². The number of rotatable bonds is 7. The van der Waals surface area contributed by atoms with E-state index in [-0.39, 0.29) is 0 Å². The van der Waals surface area contributed by atoms with Gasteiger partial charge in [0, 0.05) is 18.8 Å². The predicted octanol–water partition coefficient (Wildman–Crippen LogP) is 5.06. The van der Waals surface area contributed by atoms with E-state index >= 15 is 0 Å². The van der Waals surface area contributed by atoms with Gasteiger partial charge in [-0.15, -0.1) is 0 Å². The van der Waals surface area contributed by atoms with E-state index in [1.54, 1.807) is 0 Å². The van der Waals surface area contributed by atoms with Gasteiger partial charge in [0.05, 0.1) is 0 Å². The maximum absolute atomic E-state index is 4.26. The molecule has 0 heterocycles. The number of benzene rings is 1. The van der Waals surface area contributed by atoms with Gasteiger partial charge in [0.15, 0.2) is 0 Å². The van der Waals surface area contributed by atoms with Gasteiger partial charge in [-0.25, -0.2) is 0 Å². The van der Waals surface area contributed by atoms with Crippen molar-refractivity contribution in [3.8, 4) is 0 Å². The Kier molecular flexibility index (Phi) is 4.57. The Balaban J connectivity index is 2.03. The molecule has 2 unspecified atom stereocenters. The second-order valence-corrected chi connectivity index (χ2v) is 7.02. The first kappa shape index (κ1) is 15.2. The van der Waals surface area contributed by atoms with Crippen LogP contribution in [0.2, 0.25) is 0 Å². The van der Waals surface area contributed by atoms with Gasteiger partial charge >= 0.3 is 0 Å². The summed E-state index contributed by atoms with van der Waals surface area (Å²) in [4.78, 5) is 2.52. The number of hydrogen-bond acceptors (Lipinski definition) is 1. The summed E-state index contributed by atoms with van der Waals surface area (Å²) in [5, 5.41) is 0. The van der Waals surface area contributed by atoms with Crippen molar-refractivity contribution in [3.05, 3.63) is 48.2 Å². The lowest BCUT2D eigenvalue weighted by Crippen LogP contribution is -2.32. The van der Waals surface area contributed by atoms with Crippen molar-refractivity contribution in [2.24, 2.45) is 11.3 Å². The van der Waals surface area contributed by atoms with Crippen molar-refractivity contribution in [2.75, 3.05) is 13.1 Å². The Labute approximate surface area is 124 Å². The highest BCUT2D eigenvalue weighted by Crippen LogP contribution is 2.59. The minimum Gasteiger partial charge on any atom is -0.374 e. The summed E-state index contributed by atoms with van der Waals surface area (Å²) in [5.41, 5.74) is 3.22. The number of allylic oxidation sites excluding steroid dienone is 1. The second kappa shape index (κ2) is 6.03. The van der Waals surface area contributed by atoms with Crippen LogP contribution in [-0.2, 0) is 0 Å². The first-order valence-electron chi connectivity index (χ1n) is 7.94. The van der Waals surface area contributed by atoms with E-state index in [4.69, 9.17) is 0 Å². The third-order valence-electron chi connectivity index (χ3n) is 4.55. The summed E-state index contributed by atoms with van der Waals surface area (Å²) in [5.74, 6) is 1.42. The zero-order valence-electron chi connectivity index (χ0n) is 13.5. The van der Waals surface area contributed by atoms with Crippen LogP contribution in [0.3, 0.4) is 0 Å². The first-order chi connectivity index (χ1) is 9.46. The number of hydrogen-bond donors (Lipinski definition) is 0. The van der Waals surface area contributed by atoms with E-state index < -0.39 is 0 Å². The highest BCUT2D eigenvalue weighted by Gasteiger charge is 2.51. The van der Waals surface area contributed by atoms with Crippen LogP contribution in [0.1, 0.15) is 52.0 Å². The maximum Gasteiger partial charge on any atom is 0.0234 e. The second-order valence-electron chi connectivity index (χ2n) is 7.02. The molecule has 0 radical (unpaired) electrons. The molecule has 0 amide bonds. The Bertz CT molecular complexity index is 448. The van der Waals surface area contributed by atoms with Crippen molar-refractivity contribution in [1.29, 1.82) is 0 Å². The summed E-state index contributed by atoms with van der Waals surface area (Å²) in [6.45, 7) is 15.8. The van der Waals surface area contributed by atoms with Gasteiger partial charge < -0.3 is 4.90 Å². The lowest BCUT2D eigenvalue weighted by atomic mass is 9.99. The van der Waals surface area contributed by atoms with Gasteiger partial charge in [-0.3, -0.25) is 0 Å². The van der Waals surface area contributed by atoms with Gasteiger partial charge in [-0.1, -0.05) is 64.6 Å². The Morgan fingerprint density at radius 3 is 2.55 bits per heavy atom. The normalized spacial score (nSPS) is 24.8. The molecule has 0 aromatic heterocycles. The molecule has 1 aliphatic carbocycles. The molecular formula is C19H29N. The average Bonchev–Trinajstić information content (AvgIpc) is 3.09. The summed E-state index contributed by atoms with van der Waals surface area (Å²) >= 11 is 0. The lowest BCUT2D eigenvalue weighted by Gasteiger charge is -2.31. The zero-order chi connectivity index (χ0) is 14.8. The highest BCUT2D eigenvalue weighted by molar-refractivity contribution is 5.29. The molecule has 2 rings (SSSR count). The van der Waals surface area contributed by atoms with E-state index in [0.717, 1.165) is 25.4 Å². The molecule has 1 aliphatic rings. The third kappa shape index (κ3) is 3.45. The average molecular weight is 271 g/mol. The molecule has 0 aliphatic heterocycles. The van der Waals surface area contributed by atoms with Crippen molar-refractivity contribution < 1.29 is 0 Å². The molecule has 2 atom stereocenters. The molecule has 0 N–H and O–H groups in total. The molecule has 1 heteroatoms. The van der Waals surface area contributed by atoms with Crippen LogP contribution in [-0.4, -0.2) is 18.0 Å². The fourth-order valence-electron chi connectivity index (χ4n) is 3.19. The van der Waals surface area contributed by atoms with Crippen molar-refractivity contribution in [1.82, 2.24) is 4.90 Å². The molecule has 0 saturated heterocycles. The molecule has 1 aromatic rings. The minimum absolute atomic E-state index is 0.425. The lowest BCUT2D eigenvalue weighted by molar-refractivity contribution is 0.248. The molecule has 1 nitrogen and oxygen atoms in total. The topological polar surface area (TPSA) is 3.24 Å². The fourth-order valence-corrected chi connectivity index (χ4v) is 3.19. The Morgan fingerprint density at radius 2 is 2.00 bits per heavy atom. The highest BCUT2D eigenvalue weighted by atomic mass is 15.1. The monoisotopic (exact) mass is 271 g/mol. The Morgan fingerprint density at radius 1 is 1.35 bits per heavy atom. The van der Waals surface area contributed by atoms with E-state index in [1.807, 2.05) is 0 Å². The van der Waals surface area contributed by atoms with Crippen LogP contribution in [0.5, 0.6) is 0 Å². The van der Waals surface area contributed by atoms with Gasteiger partial charge in [0.2, 0.25) is 0 Å². The Hall–Kier alpha value is -1.24. The molecule has 0 bridgehead atoms. The zero-order valence-corrected chi connectivity index (χ0v) is 13.5. The van der Waals surface area contributed by atoms with Gasteiger partial charge in [0.25, 0.3) is 0 Å². The molecule has 1 saturated carbocycles. The maximum atomic E-state index is 4.26. The van der Waals surface area contributed by atoms with Gasteiger partial charge in [0.1, 0.15) is 0 Å². The van der Waals surface area contributed by atoms with Crippen molar-refractivity contribution >= 4 is 0 Å². The van der Waals surface area contributed by atoms with E-state index in [1.165, 1.54) is 17.7 Å². The van der Waals surface area contributed by atoms with Crippen LogP contribution < -0.4 is 0 Å². The quantitative estimate of drug-likeness (QED) is 0.670. The third-order valence-corrected chi connectivity index (χ3v) is 4.55. The van der Waals surface area contributed by atoms with Crippen LogP contribution >= 0.6 is 0 Å². The molecular weight excluding hydrogens is 242 g/mol. The summed E-state index contributed by atoms with van der Waals surface area (Å²) < 4.78 is 0. The molecule has 1 aromatic carbocycles. The summed E-state index contributed by atoms with van der Waals surface area (Å²) in [6.07, 6.45) is 2.36. The van der Waals surface area contributed by atoms with Crippen molar-refractivity contribution in [3.63, 3.8) is 0 Å². The molecule has 1 fully saturated rings. The van der Waals surface area contributed by atoms with Crippen LogP contribution in [0.25, 0.3) is 0 Å². The van der Waals surface area contributed by atoms with Crippen LogP contribution in [0.4, 0.5) is 0 Å². The minimum atomic E-state index is 0.425. The van der Waals surface area contributed by atoms with Crippen LogP contribution in [0, 0.1) is 11.3 Å². The molecule has 110 valence electrons. The number of nitrogens with zero attached hydrogens (tertiary/aromatic N) is 1. The van der Waals surface area contributed by atoms with Gasteiger partial charge in [-0.2, -0.15) is 0 Å². The van der Waals surface area contributed by atoms with Gasteiger partial charge in [-0.05, 0) is 35.7 Å². The van der Waals surface area contributed by atoms with E-state index in [9.17, 15) is 0 Å². The standard InChI is InChI=1S/C19H29N/c1-6-16(4)20(13-15(2)3)14-19(5)12-18(19)17-10-8-7-9-11-17/h7-11,15,18H,4,6,12-14H2,1-3,5H3. The van der Waals surface area contributed by atoms with E-state index in [0.29, 0.717) is 11.3 Å². The fraction of sp³-hybridized carbons (Fsp3) is 0.579. The summed E-state index contributed by atoms with van der Waals surface area (Å²) in [6, 6.07) is 11.0. The SMILES string of the molecule is C=C(CC)N(CC(C)C)CC1(C)CC1c1ccccc1. The van der Waals surface area contributed by atoms with E-state index in [2.05, 4.69) is 69.5 Å². The first-order valence-corrected chi connectivity index (χ1v) is 7.94. The largest absolute Gasteiger partial charge is 0.374 e. The van der Waals surface area contributed by atoms with Crippen molar-refractivity contribution in [2.45, 2.75) is 46.5 Å². The predicted molar refractivity (Wildman–Crippen MR) is 87.7 cm³/mol.